The zero-order valence-corrected chi connectivity index (χ0v) is 23.8. The third-order valence-corrected chi connectivity index (χ3v) is 9.08. The molecule has 0 amide bonds. The van der Waals surface area contributed by atoms with Crippen molar-refractivity contribution in [3.05, 3.63) is 82.2 Å². The molecule has 0 N–H and O–H groups in total. The van der Waals surface area contributed by atoms with Crippen LogP contribution < -0.4 is 4.31 Å². The Balaban J connectivity index is 1.79. The number of aromatic nitrogens is 1. The van der Waals surface area contributed by atoms with Gasteiger partial charge in [0, 0.05) is 36.8 Å². The maximum atomic E-state index is 13.5. The number of sulfonamides is 1. The number of fused-ring (bicyclic) bond motifs is 1. The zero-order chi connectivity index (χ0) is 27.8. The van der Waals surface area contributed by atoms with E-state index in [9.17, 15) is 18.0 Å². The monoisotopic (exact) mass is 536 g/mol. The van der Waals surface area contributed by atoms with Crippen LogP contribution in [0.1, 0.15) is 65.6 Å². The van der Waals surface area contributed by atoms with Crippen LogP contribution in [-0.4, -0.2) is 38.4 Å². The van der Waals surface area contributed by atoms with Crippen molar-refractivity contribution >= 4 is 27.5 Å². The van der Waals surface area contributed by atoms with Crippen molar-refractivity contribution in [1.82, 2.24) is 4.57 Å². The standard InChI is InChI=1S/C30H36N2O5S/c1-7-37-28(34)19-32-21(3)24(29-26(32)17-30(4,5)18-27(29)33)16-22-10-8-9-11-25(22)31(6)38(35,36)23-14-12-20(2)13-15-23/h8-15H,7,16-19H2,1-6H3. The summed E-state index contributed by atoms with van der Waals surface area (Å²) >= 11 is 0. The van der Waals surface area contributed by atoms with Crippen molar-refractivity contribution in [3.63, 3.8) is 0 Å². The average molecular weight is 537 g/mol. The summed E-state index contributed by atoms with van der Waals surface area (Å²) in [6.45, 7) is 10.0. The summed E-state index contributed by atoms with van der Waals surface area (Å²) in [5, 5.41) is 0. The molecule has 1 aromatic heterocycles. The topological polar surface area (TPSA) is 85.7 Å². The summed E-state index contributed by atoms with van der Waals surface area (Å²) in [5.41, 5.74) is 5.25. The van der Waals surface area contributed by atoms with Crippen molar-refractivity contribution in [2.24, 2.45) is 5.41 Å². The highest BCUT2D eigenvalue weighted by atomic mass is 32.2. The first-order valence-electron chi connectivity index (χ1n) is 12.9. The predicted molar refractivity (Wildman–Crippen MR) is 148 cm³/mol. The number of ketones is 1. The van der Waals surface area contributed by atoms with Crippen LogP contribution in [0.5, 0.6) is 0 Å². The smallest absolute Gasteiger partial charge is 0.325 e. The summed E-state index contributed by atoms with van der Waals surface area (Å²) in [4.78, 5) is 26.1. The Labute approximate surface area is 225 Å². The summed E-state index contributed by atoms with van der Waals surface area (Å²) < 4.78 is 35.4. The number of aryl methyl sites for hydroxylation is 1. The van der Waals surface area contributed by atoms with E-state index in [1.165, 1.54) is 4.31 Å². The first-order valence-corrected chi connectivity index (χ1v) is 14.3. The van der Waals surface area contributed by atoms with E-state index in [1.54, 1.807) is 44.3 Å². The van der Waals surface area contributed by atoms with Gasteiger partial charge in [-0.3, -0.25) is 13.9 Å². The highest BCUT2D eigenvalue weighted by Crippen LogP contribution is 2.40. The maximum Gasteiger partial charge on any atom is 0.325 e. The number of hydrogen-bond acceptors (Lipinski definition) is 5. The van der Waals surface area contributed by atoms with Gasteiger partial charge in [-0.2, -0.15) is 0 Å². The highest BCUT2D eigenvalue weighted by Gasteiger charge is 2.37. The molecule has 8 heteroatoms. The van der Waals surface area contributed by atoms with Gasteiger partial charge in [0.1, 0.15) is 6.54 Å². The van der Waals surface area contributed by atoms with Crippen LogP contribution >= 0.6 is 0 Å². The van der Waals surface area contributed by atoms with E-state index >= 15 is 0 Å². The number of ether oxygens (including phenoxy) is 1. The number of benzene rings is 2. The normalized spacial score (nSPS) is 14.7. The van der Waals surface area contributed by atoms with Crippen molar-refractivity contribution in [2.45, 2.75) is 65.3 Å². The molecule has 0 bridgehead atoms. The van der Waals surface area contributed by atoms with Gasteiger partial charge in [0.15, 0.2) is 5.78 Å². The molecule has 3 aromatic rings. The Kier molecular flexibility index (Phi) is 7.57. The van der Waals surface area contributed by atoms with Crippen LogP contribution in [-0.2, 0) is 38.9 Å². The minimum absolute atomic E-state index is 0.0364. The van der Waals surface area contributed by atoms with E-state index in [1.807, 2.05) is 36.6 Å². The van der Waals surface area contributed by atoms with Gasteiger partial charge in [-0.1, -0.05) is 49.7 Å². The zero-order valence-electron chi connectivity index (χ0n) is 23.0. The SMILES string of the molecule is CCOC(=O)Cn1c(C)c(Cc2ccccc2N(C)S(=O)(=O)c2ccc(C)cc2)c2c1CC(C)(C)CC2=O. The Hall–Kier alpha value is -3.39. The molecule has 4 rings (SSSR count). The second-order valence-electron chi connectivity index (χ2n) is 10.8. The number of Topliss-reactive ketones (excluding diaryl/α,β-unsaturated/α-hetero) is 1. The van der Waals surface area contributed by atoms with Crippen molar-refractivity contribution in [2.75, 3.05) is 18.0 Å². The van der Waals surface area contributed by atoms with Crippen molar-refractivity contribution in [1.29, 1.82) is 0 Å². The molecule has 1 aliphatic rings. The number of anilines is 1. The molecule has 1 aliphatic carbocycles. The van der Waals surface area contributed by atoms with E-state index in [-0.39, 0.29) is 35.2 Å². The summed E-state index contributed by atoms with van der Waals surface area (Å²) in [6, 6.07) is 14.1. The molecular weight excluding hydrogens is 500 g/mol. The largest absolute Gasteiger partial charge is 0.465 e. The third kappa shape index (κ3) is 5.27. The fraction of sp³-hybridized carbons (Fsp3) is 0.400. The van der Waals surface area contributed by atoms with Crippen LogP contribution in [0.4, 0.5) is 5.69 Å². The van der Waals surface area contributed by atoms with Crippen LogP contribution in [0.3, 0.4) is 0 Å². The van der Waals surface area contributed by atoms with Crippen molar-refractivity contribution < 1.29 is 22.7 Å². The van der Waals surface area contributed by atoms with Gasteiger partial charge in [0.05, 0.1) is 17.2 Å². The Morgan fingerprint density at radius 3 is 2.37 bits per heavy atom. The molecule has 0 unspecified atom stereocenters. The van der Waals surface area contributed by atoms with Gasteiger partial charge in [-0.05, 0) is 61.9 Å². The summed E-state index contributed by atoms with van der Waals surface area (Å²) in [6.07, 6.45) is 1.44. The van der Waals surface area contributed by atoms with E-state index in [4.69, 9.17) is 4.74 Å². The predicted octanol–water partition coefficient (Wildman–Crippen LogP) is 5.24. The van der Waals surface area contributed by atoms with Gasteiger partial charge >= 0.3 is 5.97 Å². The lowest BCUT2D eigenvalue weighted by Crippen LogP contribution is -2.29. The minimum Gasteiger partial charge on any atom is -0.465 e. The number of carbonyl (C=O) groups excluding carboxylic acids is 2. The lowest BCUT2D eigenvalue weighted by molar-refractivity contribution is -0.143. The second kappa shape index (κ2) is 10.4. The van der Waals surface area contributed by atoms with Gasteiger partial charge in [0.25, 0.3) is 10.0 Å². The van der Waals surface area contributed by atoms with Gasteiger partial charge < -0.3 is 9.30 Å². The molecule has 2 aromatic carbocycles. The number of hydrogen-bond donors (Lipinski definition) is 0. The molecule has 0 saturated heterocycles. The fourth-order valence-corrected chi connectivity index (χ4v) is 6.56. The molecule has 0 fully saturated rings. The number of rotatable bonds is 8. The first-order chi connectivity index (χ1) is 17.9. The molecule has 202 valence electrons. The lowest BCUT2D eigenvalue weighted by atomic mass is 9.75. The molecule has 0 radical (unpaired) electrons. The van der Waals surface area contributed by atoms with Gasteiger partial charge in [-0.25, -0.2) is 8.42 Å². The molecule has 0 atom stereocenters. The molecule has 0 saturated carbocycles. The van der Waals surface area contributed by atoms with Crippen molar-refractivity contribution in [3.8, 4) is 0 Å². The number of para-hydroxylation sites is 1. The molecule has 0 spiro atoms. The number of carbonyl (C=O) groups is 2. The Morgan fingerprint density at radius 1 is 1.05 bits per heavy atom. The van der Waals surface area contributed by atoms with Crippen LogP contribution in [0.2, 0.25) is 0 Å². The average Bonchev–Trinajstić information content (AvgIpc) is 3.09. The quantitative estimate of drug-likeness (QED) is 0.368. The van der Waals surface area contributed by atoms with Crippen LogP contribution in [0.25, 0.3) is 0 Å². The highest BCUT2D eigenvalue weighted by molar-refractivity contribution is 7.92. The Morgan fingerprint density at radius 2 is 1.71 bits per heavy atom. The van der Waals surface area contributed by atoms with E-state index < -0.39 is 10.0 Å². The van der Waals surface area contributed by atoms with Crippen LogP contribution in [0, 0.1) is 19.3 Å². The molecule has 1 heterocycles. The number of esters is 1. The third-order valence-electron chi connectivity index (χ3n) is 7.29. The molecular formula is C30H36N2O5S. The molecule has 7 nitrogen and oxygen atoms in total. The molecule has 0 aliphatic heterocycles. The summed E-state index contributed by atoms with van der Waals surface area (Å²) in [7, 11) is -2.24. The molecule has 38 heavy (non-hydrogen) atoms. The van der Waals surface area contributed by atoms with Gasteiger partial charge in [0.2, 0.25) is 0 Å². The van der Waals surface area contributed by atoms with E-state index in [0.717, 1.165) is 28.1 Å². The minimum atomic E-state index is -3.79. The van der Waals surface area contributed by atoms with Crippen LogP contribution in [0.15, 0.2) is 53.4 Å². The second-order valence-corrected chi connectivity index (χ2v) is 12.8. The first kappa shape index (κ1) is 27.6. The fourth-order valence-electron chi connectivity index (χ4n) is 5.33. The lowest BCUT2D eigenvalue weighted by Gasteiger charge is -2.30. The Bertz CT molecular complexity index is 1480. The summed E-state index contributed by atoms with van der Waals surface area (Å²) in [5.74, 6) is -0.296. The maximum absolute atomic E-state index is 13.5. The van der Waals surface area contributed by atoms with E-state index in [0.29, 0.717) is 30.5 Å². The number of nitrogens with zero attached hydrogens (tertiary/aromatic N) is 2. The van der Waals surface area contributed by atoms with Gasteiger partial charge in [-0.15, -0.1) is 0 Å². The van der Waals surface area contributed by atoms with E-state index in [2.05, 4.69) is 13.8 Å².